The van der Waals surface area contributed by atoms with Gasteiger partial charge in [0.15, 0.2) is 0 Å². The van der Waals surface area contributed by atoms with Crippen molar-refractivity contribution in [3.05, 3.63) is 45.6 Å². The van der Waals surface area contributed by atoms with E-state index in [4.69, 9.17) is 0 Å². The maximum atomic E-state index is 12.2. The first-order valence-electron chi connectivity index (χ1n) is 6.78. The Labute approximate surface area is 128 Å². The van der Waals surface area contributed by atoms with E-state index in [-0.39, 0.29) is 11.8 Å². The maximum Gasteiger partial charge on any atom is 0.265 e. The fourth-order valence-electron chi connectivity index (χ4n) is 2.02. The molecule has 1 aromatic heterocycles. The summed E-state index contributed by atoms with van der Waals surface area (Å²) in [5, 5.41) is 5.55. The Kier molecular flexibility index (Phi) is 4.75. The normalized spacial score (nSPS) is 10.2. The molecule has 2 amide bonds. The summed E-state index contributed by atoms with van der Waals surface area (Å²) < 4.78 is 0. The molecule has 0 unspecified atom stereocenters. The molecule has 2 aromatic rings. The first-order valence-corrected chi connectivity index (χ1v) is 7.59. The van der Waals surface area contributed by atoms with E-state index in [1.807, 2.05) is 13.0 Å². The van der Waals surface area contributed by atoms with Crippen LogP contribution < -0.4 is 10.6 Å². The highest BCUT2D eigenvalue weighted by Crippen LogP contribution is 2.23. The molecule has 0 saturated heterocycles. The Hall–Kier alpha value is -2.14. The van der Waals surface area contributed by atoms with Gasteiger partial charge in [0.05, 0.1) is 4.88 Å². The number of hydrogen-bond donors (Lipinski definition) is 2. The van der Waals surface area contributed by atoms with E-state index < -0.39 is 0 Å². The van der Waals surface area contributed by atoms with Crippen molar-refractivity contribution in [2.24, 2.45) is 0 Å². The van der Waals surface area contributed by atoms with Crippen LogP contribution in [0.1, 0.15) is 34.0 Å². The lowest BCUT2D eigenvalue weighted by Crippen LogP contribution is -2.10. The average molecular weight is 302 g/mol. The topological polar surface area (TPSA) is 58.2 Å². The Morgan fingerprint density at radius 1 is 1.10 bits per heavy atom. The van der Waals surface area contributed by atoms with Crippen LogP contribution in [0, 0.1) is 6.92 Å². The smallest absolute Gasteiger partial charge is 0.265 e. The van der Waals surface area contributed by atoms with Crippen LogP contribution in [0.25, 0.3) is 0 Å². The number of aryl methyl sites for hydroxylation is 2. The molecule has 110 valence electrons. The van der Waals surface area contributed by atoms with Gasteiger partial charge < -0.3 is 10.6 Å². The molecule has 4 nitrogen and oxygen atoms in total. The predicted molar refractivity (Wildman–Crippen MR) is 87.1 cm³/mol. The molecule has 0 aliphatic heterocycles. The summed E-state index contributed by atoms with van der Waals surface area (Å²) in [7, 11) is 0. The first-order chi connectivity index (χ1) is 9.99. The van der Waals surface area contributed by atoms with Gasteiger partial charge in [-0.15, -0.1) is 11.3 Å². The standard InChI is InChI=1S/C16H18N2O2S/c1-4-12-9-15(21-10(12)2)16(20)18-14-7-5-13(6-8-14)17-11(3)19/h5-9H,4H2,1-3H3,(H,17,19)(H,18,20). The number of carbonyl (C=O) groups excluding carboxylic acids is 2. The largest absolute Gasteiger partial charge is 0.326 e. The number of rotatable bonds is 4. The molecule has 0 bridgehead atoms. The van der Waals surface area contributed by atoms with E-state index in [1.165, 1.54) is 28.7 Å². The minimum atomic E-state index is -0.118. The van der Waals surface area contributed by atoms with Crippen LogP contribution in [0.5, 0.6) is 0 Å². The fraction of sp³-hybridized carbons (Fsp3) is 0.250. The van der Waals surface area contributed by atoms with Crippen LogP contribution in [-0.4, -0.2) is 11.8 Å². The summed E-state index contributed by atoms with van der Waals surface area (Å²) in [6.45, 7) is 5.57. The molecule has 0 aliphatic rings. The number of hydrogen-bond acceptors (Lipinski definition) is 3. The number of amides is 2. The van der Waals surface area contributed by atoms with Gasteiger partial charge in [-0.25, -0.2) is 0 Å². The van der Waals surface area contributed by atoms with Gasteiger partial charge in [-0.3, -0.25) is 9.59 Å². The second-order valence-electron chi connectivity index (χ2n) is 4.76. The molecule has 2 rings (SSSR count). The Morgan fingerprint density at radius 3 is 2.14 bits per heavy atom. The van der Waals surface area contributed by atoms with E-state index in [0.29, 0.717) is 11.4 Å². The summed E-state index contributed by atoms with van der Waals surface area (Å²) in [5.41, 5.74) is 2.63. The van der Waals surface area contributed by atoms with Crippen molar-refractivity contribution >= 4 is 34.5 Å². The summed E-state index contributed by atoms with van der Waals surface area (Å²) in [6.07, 6.45) is 0.932. The molecule has 21 heavy (non-hydrogen) atoms. The molecule has 0 spiro atoms. The van der Waals surface area contributed by atoms with Crippen LogP contribution in [-0.2, 0) is 11.2 Å². The Morgan fingerprint density at radius 2 is 1.67 bits per heavy atom. The molecule has 0 fully saturated rings. The van der Waals surface area contributed by atoms with Crippen molar-refractivity contribution in [2.75, 3.05) is 10.6 Å². The molecule has 2 N–H and O–H groups in total. The molecule has 0 saturated carbocycles. The molecular formula is C16H18N2O2S. The van der Waals surface area contributed by atoms with Gasteiger partial charge in [0, 0.05) is 23.2 Å². The molecule has 5 heteroatoms. The van der Waals surface area contributed by atoms with Gasteiger partial charge in [0.2, 0.25) is 5.91 Å². The van der Waals surface area contributed by atoms with Gasteiger partial charge in [0.25, 0.3) is 5.91 Å². The Bertz CT molecular complexity index is 659. The van der Waals surface area contributed by atoms with E-state index in [9.17, 15) is 9.59 Å². The third kappa shape index (κ3) is 3.92. The zero-order chi connectivity index (χ0) is 15.4. The zero-order valence-corrected chi connectivity index (χ0v) is 13.1. The van der Waals surface area contributed by atoms with Crippen molar-refractivity contribution in [1.82, 2.24) is 0 Å². The summed E-state index contributed by atoms with van der Waals surface area (Å²) in [6, 6.07) is 9.00. The van der Waals surface area contributed by atoms with E-state index in [2.05, 4.69) is 17.6 Å². The van der Waals surface area contributed by atoms with Crippen molar-refractivity contribution in [2.45, 2.75) is 27.2 Å². The highest BCUT2D eigenvalue weighted by atomic mass is 32.1. The SMILES string of the molecule is CCc1cc(C(=O)Nc2ccc(NC(C)=O)cc2)sc1C. The number of thiophene rings is 1. The molecule has 0 aliphatic carbocycles. The highest BCUT2D eigenvalue weighted by molar-refractivity contribution is 7.14. The van der Waals surface area contributed by atoms with Crippen LogP contribution in [0.15, 0.2) is 30.3 Å². The third-order valence-corrected chi connectivity index (χ3v) is 4.18. The summed E-state index contributed by atoms with van der Waals surface area (Å²) in [4.78, 5) is 25.0. The van der Waals surface area contributed by atoms with Crippen LogP contribution >= 0.6 is 11.3 Å². The molecule has 0 atom stereocenters. The number of anilines is 2. The Balaban J connectivity index is 2.06. The van der Waals surface area contributed by atoms with E-state index in [0.717, 1.165) is 11.3 Å². The predicted octanol–water partition coefficient (Wildman–Crippen LogP) is 3.83. The van der Waals surface area contributed by atoms with Crippen LogP contribution in [0.4, 0.5) is 11.4 Å². The van der Waals surface area contributed by atoms with Crippen molar-refractivity contribution < 1.29 is 9.59 Å². The van der Waals surface area contributed by atoms with Gasteiger partial charge >= 0.3 is 0 Å². The second-order valence-corrected chi connectivity index (χ2v) is 6.01. The van der Waals surface area contributed by atoms with Crippen LogP contribution in [0.2, 0.25) is 0 Å². The molecular weight excluding hydrogens is 284 g/mol. The monoisotopic (exact) mass is 302 g/mol. The third-order valence-electron chi connectivity index (χ3n) is 3.09. The summed E-state index contributed by atoms with van der Waals surface area (Å²) >= 11 is 1.51. The maximum absolute atomic E-state index is 12.2. The van der Waals surface area contributed by atoms with Crippen molar-refractivity contribution in [3.63, 3.8) is 0 Å². The zero-order valence-electron chi connectivity index (χ0n) is 12.3. The average Bonchev–Trinajstić information content (AvgIpc) is 2.82. The molecule has 1 aromatic carbocycles. The minimum absolute atomic E-state index is 0.102. The van der Waals surface area contributed by atoms with Gasteiger partial charge in [-0.2, -0.15) is 0 Å². The van der Waals surface area contributed by atoms with Crippen LogP contribution in [0.3, 0.4) is 0 Å². The minimum Gasteiger partial charge on any atom is -0.326 e. The molecule has 1 heterocycles. The van der Waals surface area contributed by atoms with E-state index in [1.54, 1.807) is 24.3 Å². The number of carbonyl (C=O) groups is 2. The van der Waals surface area contributed by atoms with Gasteiger partial charge in [-0.1, -0.05) is 6.92 Å². The van der Waals surface area contributed by atoms with Gasteiger partial charge in [-0.05, 0) is 49.2 Å². The highest BCUT2D eigenvalue weighted by Gasteiger charge is 2.11. The van der Waals surface area contributed by atoms with Crippen molar-refractivity contribution in [1.29, 1.82) is 0 Å². The first kappa shape index (κ1) is 15.3. The molecule has 0 radical (unpaired) electrons. The summed E-state index contributed by atoms with van der Waals surface area (Å²) in [5.74, 6) is -0.219. The lowest BCUT2D eigenvalue weighted by Gasteiger charge is -2.05. The lowest BCUT2D eigenvalue weighted by atomic mass is 10.2. The van der Waals surface area contributed by atoms with E-state index >= 15 is 0 Å². The van der Waals surface area contributed by atoms with Gasteiger partial charge in [0.1, 0.15) is 0 Å². The lowest BCUT2D eigenvalue weighted by molar-refractivity contribution is -0.114. The second kappa shape index (κ2) is 6.54. The number of benzene rings is 1. The number of nitrogens with one attached hydrogen (secondary N) is 2. The quantitative estimate of drug-likeness (QED) is 0.901. The van der Waals surface area contributed by atoms with Crippen molar-refractivity contribution in [3.8, 4) is 0 Å². The fourth-order valence-corrected chi connectivity index (χ4v) is 3.02.